The van der Waals surface area contributed by atoms with Crippen LogP contribution in [0.5, 0.6) is 0 Å². The summed E-state index contributed by atoms with van der Waals surface area (Å²) < 4.78 is 6.83. The summed E-state index contributed by atoms with van der Waals surface area (Å²) >= 11 is 1.11. The normalized spacial score (nSPS) is 14.6. The third-order valence-corrected chi connectivity index (χ3v) is 5.50. The van der Waals surface area contributed by atoms with Gasteiger partial charge in [0.15, 0.2) is 6.10 Å². The number of amides is 1. The van der Waals surface area contributed by atoms with Crippen molar-refractivity contribution in [2.45, 2.75) is 45.9 Å². The highest BCUT2D eigenvalue weighted by Gasteiger charge is 2.26. The van der Waals surface area contributed by atoms with E-state index in [2.05, 4.69) is 6.07 Å². The Balaban J connectivity index is 1.53. The molecule has 6 nitrogen and oxygen atoms in total. The quantitative estimate of drug-likeness (QED) is 0.752. The summed E-state index contributed by atoms with van der Waals surface area (Å²) in [6.07, 6.45) is 0.0500. The highest BCUT2D eigenvalue weighted by atomic mass is 32.1. The van der Waals surface area contributed by atoms with Crippen molar-refractivity contribution < 1.29 is 14.3 Å². The van der Waals surface area contributed by atoms with Crippen molar-refractivity contribution in [2.24, 2.45) is 0 Å². The second-order valence-corrected chi connectivity index (χ2v) is 7.28. The van der Waals surface area contributed by atoms with Gasteiger partial charge in [-0.25, -0.2) is 0 Å². The van der Waals surface area contributed by atoms with Gasteiger partial charge in [0.1, 0.15) is 0 Å². The van der Waals surface area contributed by atoms with E-state index in [1.54, 1.807) is 21.8 Å². The number of hydrogen-bond acceptors (Lipinski definition) is 5. The second-order valence-electron chi connectivity index (χ2n) is 6.46. The van der Waals surface area contributed by atoms with Crippen molar-refractivity contribution in [1.29, 1.82) is 0 Å². The fourth-order valence-electron chi connectivity index (χ4n) is 3.13. The van der Waals surface area contributed by atoms with Crippen LogP contribution in [-0.4, -0.2) is 34.0 Å². The molecule has 3 rings (SSSR count). The molecule has 26 heavy (non-hydrogen) atoms. The minimum atomic E-state index is -0.826. The Morgan fingerprint density at radius 2 is 2.00 bits per heavy atom. The zero-order valence-electron chi connectivity index (χ0n) is 14.9. The van der Waals surface area contributed by atoms with Gasteiger partial charge in [0.2, 0.25) is 0 Å². The topological polar surface area (TPSA) is 68.6 Å². The Hall–Kier alpha value is -2.41. The molecule has 2 aromatic rings. The third kappa shape index (κ3) is 4.04. The van der Waals surface area contributed by atoms with Crippen LogP contribution in [0.15, 0.2) is 34.4 Å². The largest absolute Gasteiger partial charge is 0.452 e. The maximum Gasteiger partial charge on any atom is 0.308 e. The van der Waals surface area contributed by atoms with E-state index in [4.69, 9.17) is 4.74 Å². The Labute approximate surface area is 156 Å². The number of thiazole rings is 1. The molecule has 0 fully saturated rings. The number of fused-ring (bicyclic) bond motifs is 1. The van der Waals surface area contributed by atoms with Crippen LogP contribution in [0.3, 0.4) is 0 Å². The molecule has 1 amide bonds. The lowest BCUT2D eigenvalue weighted by molar-refractivity contribution is -0.159. The number of esters is 1. The average Bonchev–Trinajstić information content (AvgIpc) is 2.96. The lowest BCUT2D eigenvalue weighted by Gasteiger charge is -2.30. The number of carbonyl (C=O) groups is 2. The fraction of sp³-hybridized carbons (Fsp3) is 0.421. The van der Waals surface area contributed by atoms with Gasteiger partial charge in [0.25, 0.3) is 5.91 Å². The Morgan fingerprint density at radius 1 is 1.27 bits per heavy atom. The molecular weight excluding hydrogens is 352 g/mol. The fourth-order valence-corrected chi connectivity index (χ4v) is 3.89. The molecule has 1 aliphatic rings. The molecule has 1 aromatic heterocycles. The summed E-state index contributed by atoms with van der Waals surface area (Å²) in [7, 11) is 0. The Bertz CT molecular complexity index is 870. The van der Waals surface area contributed by atoms with Gasteiger partial charge >= 0.3 is 10.8 Å². The van der Waals surface area contributed by atoms with Gasteiger partial charge < -0.3 is 14.2 Å². The summed E-state index contributed by atoms with van der Waals surface area (Å²) in [6, 6.07) is 8.06. The lowest BCUT2D eigenvalue weighted by Crippen LogP contribution is -2.42. The smallest absolute Gasteiger partial charge is 0.308 e. The zero-order valence-corrected chi connectivity index (χ0v) is 15.8. The highest BCUT2D eigenvalue weighted by molar-refractivity contribution is 7.07. The number of nitrogens with zero attached hydrogens (tertiary/aromatic N) is 2. The zero-order chi connectivity index (χ0) is 18.7. The van der Waals surface area contributed by atoms with Gasteiger partial charge in [-0.15, -0.1) is 0 Å². The predicted octanol–water partition coefficient (Wildman–Crippen LogP) is 2.12. The van der Waals surface area contributed by atoms with E-state index in [1.807, 2.05) is 25.1 Å². The molecule has 0 saturated carbocycles. The maximum absolute atomic E-state index is 12.6. The van der Waals surface area contributed by atoms with Gasteiger partial charge in [-0.05, 0) is 31.4 Å². The van der Waals surface area contributed by atoms with Crippen molar-refractivity contribution in [2.75, 3.05) is 6.54 Å². The second kappa shape index (κ2) is 7.86. The minimum absolute atomic E-state index is 0.0674. The van der Waals surface area contributed by atoms with Crippen molar-refractivity contribution in [3.8, 4) is 0 Å². The van der Waals surface area contributed by atoms with E-state index in [0.29, 0.717) is 13.1 Å². The summed E-state index contributed by atoms with van der Waals surface area (Å²) in [5.41, 5.74) is 3.22. The molecule has 0 spiro atoms. The summed E-state index contributed by atoms with van der Waals surface area (Å²) in [5.74, 6) is -0.655. The number of ether oxygens (including phenoxy) is 1. The minimum Gasteiger partial charge on any atom is -0.452 e. The molecular formula is C19H22N2O4S. The summed E-state index contributed by atoms with van der Waals surface area (Å²) in [6.45, 7) is 4.86. The van der Waals surface area contributed by atoms with Crippen molar-refractivity contribution in [3.63, 3.8) is 0 Å². The molecule has 2 heterocycles. The number of carbonyl (C=O) groups excluding carboxylic acids is 2. The Morgan fingerprint density at radius 3 is 2.69 bits per heavy atom. The third-order valence-electron chi connectivity index (χ3n) is 4.61. The molecule has 0 unspecified atom stereocenters. The first-order valence-electron chi connectivity index (χ1n) is 8.65. The van der Waals surface area contributed by atoms with E-state index in [-0.39, 0.29) is 23.7 Å². The molecule has 0 radical (unpaired) electrons. The van der Waals surface area contributed by atoms with Gasteiger partial charge in [-0.2, -0.15) is 0 Å². The number of hydrogen-bond donors (Lipinski definition) is 0. The van der Waals surface area contributed by atoms with Crippen molar-refractivity contribution in [1.82, 2.24) is 9.47 Å². The number of rotatable bonds is 5. The van der Waals surface area contributed by atoms with E-state index in [9.17, 15) is 14.4 Å². The highest BCUT2D eigenvalue weighted by Crippen LogP contribution is 2.19. The lowest BCUT2D eigenvalue weighted by atomic mass is 9.99. The summed E-state index contributed by atoms with van der Waals surface area (Å²) in [4.78, 5) is 37.9. The number of aromatic nitrogens is 1. The monoisotopic (exact) mass is 374 g/mol. The van der Waals surface area contributed by atoms with Crippen LogP contribution in [0.1, 0.15) is 30.2 Å². The van der Waals surface area contributed by atoms with Crippen molar-refractivity contribution in [3.05, 3.63) is 56.1 Å². The van der Waals surface area contributed by atoms with E-state index in [0.717, 1.165) is 29.0 Å². The average molecular weight is 374 g/mol. The van der Waals surface area contributed by atoms with E-state index >= 15 is 0 Å². The molecule has 1 aliphatic heterocycles. The van der Waals surface area contributed by atoms with Gasteiger partial charge in [0.05, 0.1) is 6.42 Å². The first-order valence-corrected chi connectivity index (χ1v) is 9.53. The van der Waals surface area contributed by atoms with Crippen LogP contribution in [0.25, 0.3) is 0 Å². The molecule has 0 bridgehead atoms. The SMILES string of the molecule is Cc1csc(=O)n1CCC(=O)O[C@H](C)C(=O)N1CCc2ccccc2C1. The number of aryl methyl sites for hydroxylation is 1. The van der Waals surface area contributed by atoms with Crippen LogP contribution < -0.4 is 4.87 Å². The molecule has 0 aliphatic carbocycles. The number of benzene rings is 1. The van der Waals surface area contributed by atoms with Crippen molar-refractivity contribution >= 4 is 23.2 Å². The van der Waals surface area contributed by atoms with E-state index in [1.165, 1.54) is 5.56 Å². The Kier molecular flexibility index (Phi) is 5.56. The van der Waals surface area contributed by atoms with Crippen LogP contribution in [0, 0.1) is 6.92 Å². The van der Waals surface area contributed by atoms with Crippen LogP contribution in [-0.2, 0) is 33.8 Å². The molecule has 0 saturated heterocycles. The van der Waals surface area contributed by atoms with Gasteiger partial charge in [-0.3, -0.25) is 14.4 Å². The molecule has 0 N–H and O–H groups in total. The molecule has 1 aromatic carbocycles. The van der Waals surface area contributed by atoms with Crippen LogP contribution in [0.4, 0.5) is 0 Å². The summed E-state index contributed by atoms with van der Waals surface area (Å²) in [5, 5.41) is 1.76. The van der Waals surface area contributed by atoms with Gasteiger partial charge in [-0.1, -0.05) is 35.6 Å². The maximum atomic E-state index is 12.6. The molecule has 7 heteroatoms. The van der Waals surface area contributed by atoms with Crippen LogP contribution in [0.2, 0.25) is 0 Å². The predicted molar refractivity (Wildman–Crippen MR) is 99.1 cm³/mol. The standard InChI is InChI=1S/C19H22N2O4S/c1-13-12-26-19(24)21(13)10-8-17(22)25-14(2)18(23)20-9-7-15-5-3-4-6-16(15)11-20/h3-6,12,14H,7-11H2,1-2H3/t14-/m1/s1. The van der Waals surface area contributed by atoms with Gasteiger partial charge in [0, 0.05) is 30.7 Å². The van der Waals surface area contributed by atoms with E-state index < -0.39 is 12.1 Å². The molecule has 1 atom stereocenters. The first kappa shape index (κ1) is 18.4. The first-order chi connectivity index (χ1) is 12.5. The molecule has 138 valence electrons. The van der Waals surface area contributed by atoms with Crippen LogP contribution >= 0.6 is 11.3 Å².